The predicted octanol–water partition coefficient (Wildman–Crippen LogP) is -0.373. The van der Waals surface area contributed by atoms with Crippen LogP contribution in [0.5, 0.6) is 0 Å². The van der Waals surface area contributed by atoms with Crippen molar-refractivity contribution < 1.29 is 19.5 Å². The van der Waals surface area contributed by atoms with E-state index in [1.807, 2.05) is 0 Å². The van der Waals surface area contributed by atoms with Crippen molar-refractivity contribution in [1.29, 1.82) is 0 Å². The number of hydrogen-bond acceptors (Lipinski definition) is 4. The summed E-state index contributed by atoms with van der Waals surface area (Å²) in [4.78, 5) is 35.1. The highest BCUT2D eigenvalue weighted by Gasteiger charge is 2.30. The van der Waals surface area contributed by atoms with E-state index in [2.05, 4.69) is 10.6 Å². The van der Waals surface area contributed by atoms with Gasteiger partial charge in [0.05, 0.1) is 12.6 Å². The monoisotopic (exact) mass is 257 g/mol. The molecule has 0 aliphatic heterocycles. The lowest BCUT2D eigenvalue weighted by molar-refractivity contribution is -0.139. The van der Waals surface area contributed by atoms with Gasteiger partial charge in [0, 0.05) is 13.6 Å². The predicted molar refractivity (Wildman–Crippen MR) is 64.0 cm³/mol. The summed E-state index contributed by atoms with van der Waals surface area (Å²) in [5.41, 5.74) is 0. The van der Waals surface area contributed by atoms with Crippen molar-refractivity contribution in [3.63, 3.8) is 0 Å². The lowest BCUT2D eigenvalue weighted by atomic mass is 10.2. The fourth-order valence-corrected chi connectivity index (χ4v) is 1.61. The van der Waals surface area contributed by atoms with E-state index in [9.17, 15) is 14.4 Å². The summed E-state index contributed by atoms with van der Waals surface area (Å²) in [7, 11) is 1.41. The second kappa shape index (κ2) is 6.34. The smallest absolute Gasteiger partial charge is 0.321 e. The normalized spacial score (nSPS) is 16.2. The Balaban J connectivity index is 2.55. The molecule has 3 amide bonds. The van der Waals surface area contributed by atoms with Crippen LogP contribution >= 0.6 is 0 Å². The number of amides is 3. The van der Waals surface area contributed by atoms with Gasteiger partial charge in [-0.3, -0.25) is 19.8 Å². The van der Waals surface area contributed by atoms with Crippen LogP contribution in [0.25, 0.3) is 0 Å². The van der Waals surface area contributed by atoms with E-state index < -0.39 is 23.9 Å². The molecule has 3 N–H and O–H groups in total. The molecule has 102 valence electrons. The molecule has 1 atom stereocenters. The van der Waals surface area contributed by atoms with Gasteiger partial charge in [0.2, 0.25) is 5.91 Å². The molecule has 0 heterocycles. The average Bonchev–Trinajstić information content (AvgIpc) is 3.10. The van der Waals surface area contributed by atoms with Crippen molar-refractivity contribution in [3.05, 3.63) is 0 Å². The lowest BCUT2D eigenvalue weighted by Gasteiger charge is -2.26. The van der Waals surface area contributed by atoms with Gasteiger partial charge in [0.25, 0.3) is 0 Å². The Hall–Kier alpha value is -1.63. The minimum Gasteiger partial charge on any atom is -0.480 e. The van der Waals surface area contributed by atoms with Gasteiger partial charge in [-0.05, 0) is 25.7 Å². The van der Waals surface area contributed by atoms with Gasteiger partial charge >= 0.3 is 12.0 Å². The molecular formula is C11H19N3O4. The maximum atomic E-state index is 11.7. The van der Waals surface area contributed by atoms with Crippen LogP contribution in [-0.4, -0.2) is 54.1 Å². The molecular weight excluding hydrogens is 238 g/mol. The number of carboxylic acid groups (broad SMARTS) is 1. The molecule has 7 nitrogen and oxygen atoms in total. The number of nitrogens with zero attached hydrogens (tertiary/aromatic N) is 1. The highest BCUT2D eigenvalue weighted by Crippen LogP contribution is 2.30. The van der Waals surface area contributed by atoms with E-state index in [0.717, 1.165) is 12.8 Å². The zero-order valence-electron chi connectivity index (χ0n) is 10.6. The molecule has 1 unspecified atom stereocenters. The summed E-state index contributed by atoms with van der Waals surface area (Å²) >= 11 is 0. The van der Waals surface area contributed by atoms with Crippen LogP contribution in [0.1, 0.15) is 19.8 Å². The average molecular weight is 257 g/mol. The number of nitrogens with one attached hydrogen (secondary N) is 2. The number of aliphatic carboxylic acids is 1. The standard InChI is InChI=1S/C11H19N3O4/c1-7(10(17)13-11(18)12-2)14(6-9(15)16)5-8-3-4-8/h7-8H,3-6H2,1-2H3,(H,15,16)(H2,12,13,17,18). The molecule has 0 bridgehead atoms. The molecule has 1 aliphatic carbocycles. The number of hydrogen-bond donors (Lipinski definition) is 3. The Morgan fingerprint density at radius 2 is 2.00 bits per heavy atom. The lowest BCUT2D eigenvalue weighted by Crippen LogP contribution is -2.50. The highest BCUT2D eigenvalue weighted by molar-refractivity contribution is 5.96. The van der Waals surface area contributed by atoms with Crippen LogP contribution in [0, 0.1) is 5.92 Å². The van der Waals surface area contributed by atoms with Gasteiger partial charge in [-0.1, -0.05) is 0 Å². The molecule has 0 radical (unpaired) electrons. The maximum absolute atomic E-state index is 11.7. The quantitative estimate of drug-likeness (QED) is 0.603. The van der Waals surface area contributed by atoms with Crippen molar-refractivity contribution in [2.24, 2.45) is 5.92 Å². The fraction of sp³-hybridized carbons (Fsp3) is 0.727. The van der Waals surface area contributed by atoms with Crippen molar-refractivity contribution >= 4 is 17.9 Å². The number of carbonyl (C=O) groups excluding carboxylic acids is 2. The van der Waals surface area contributed by atoms with Crippen LogP contribution < -0.4 is 10.6 Å². The molecule has 1 fully saturated rings. The molecule has 18 heavy (non-hydrogen) atoms. The van der Waals surface area contributed by atoms with Gasteiger partial charge in [-0.2, -0.15) is 0 Å². The molecule has 1 rings (SSSR count). The van der Waals surface area contributed by atoms with Crippen molar-refractivity contribution in [1.82, 2.24) is 15.5 Å². The number of carboxylic acids is 1. The first-order chi connectivity index (χ1) is 8.43. The van der Waals surface area contributed by atoms with E-state index >= 15 is 0 Å². The number of carbonyl (C=O) groups is 3. The van der Waals surface area contributed by atoms with Crippen LogP contribution in [0.15, 0.2) is 0 Å². The number of imide groups is 1. The van der Waals surface area contributed by atoms with Crippen LogP contribution in [0.3, 0.4) is 0 Å². The third-order valence-corrected chi connectivity index (χ3v) is 2.92. The highest BCUT2D eigenvalue weighted by atomic mass is 16.4. The maximum Gasteiger partial charge on any atom is 0.321 e. The summed E-state index contributed by atoms with van der Waals surface area (Å²) in [6, 6.07) is -1.23. The van der Waals surface area contributed by atoms with Crippen molar-refractivity contribution in [2.75, 3.05) is 20.1 Å². The molecule has 1 aliphatic rings. The molecule has 7 heteroatoms. The van der Waals surface area contributed by atoms with Gasteiger partial charge in [-0.15, -0.1) is 0 Å². The first-order valence-electron chi connectivity index (χ1n) is 5.92. The van der Waals surface area contributed by atoms with Crippen LogP contribution in [-0.2, 0) is 9.59 Å². The minimum absolute atomic E-state index is 0.196. The van der Waals surface area contributed by atoms with Gasteiger partial charge in [0.1, 0.15) is 0 Å². The third-order valence-electron chi connectivity index (χ3n) is 2.92. The summed E-state index contributed by atoms with van der Waals surface area (Å²) in [6.07, 6.45) is 2.14. The Morgan fingerprint density at radius 1 is 1.39 bits per heavy atom. The van der Waals surface area contributed by atoms with E-state index in [4.69, 9.17) is 5.11 Å². The zero-order chi connectivity index (χ0) is 13.7. The first kappa shape index (κ1) is 14.4. The second-order valence-electron chi connectivity index (χ2n) is 4.51. The van der Waals surface area contributed by atoms with Gasteiger partial charge in [-0.25, -0.2) is 4.79 Å². The van der Waals surface area contributed by atoms with Crippen molar-refractivity contribution in [3.8, 4) is 0 Å². The van der Waals surface area contributed by atoms with E-state index in [0.29, 0.717) is 12.5 Å². The zero-order valence-corrected chi connectivity index (χ0v) is 10.6. The fourth-order valence-electron chi connectivity index (χ4n) is 1.61. The Kier molecular flexibility index (Phi) is 5.08. The summed E-state index contributed by atoms with van der Waals surface area (Å²) in [5, 5.41) is 13.3. The van der Waals surface area contributed by atoms with Crippen LogP contribution in [0.4, 0.5) is 4.79 Å². The molecule has 0 saturated heterocycles. The Morgan fingerprint density at radius 3 is 2.44 bits per heavy atom. The van der Waals surface area contributed by atoms with Crippen LogP contribution in [0.2, 0.25) is 0 Å². The molecule has 1 saturated carbocycles. The largest absolute Gasteiger partial charge is 0.480 e. The first-order valence-corrected chi connectivity index (χ1v) is 5.92. The summed E-state index contributed by atoms with van der Waals surface area (Å²) in [6.45, 7) is 1.98. The minimum atomic E-state index is -0.977. The molecule has 0 aromatic carbocycles. The van der Waals surface area contributed by atoms with E-state index in [1.54, 1.807) is 11.8 Å². The summed E-state index contributed by atoms with van der Waals surface area (Å²) in [5.74, 6) is -0.994. The SMILES string of the molecule is CNC(=O)NC(=O)C(C)N(CC(=O)O)CC1CC1. The number of rotatable bonds is 6. The molecule has 0 aromatic rings. The van der Waals surface area contributed by atoms with Gasteiger partial charge in [0.15, 0.2) is 0 Å². The second-order valence-corrected chi connectivity index (χ2v) is 4.51. The Bertz CT molecular complexity index is 341. The third kappa shape index (κ3) is 4.70. The molecule has 0 spiro atoms. The molecule has 0 aromatic heterocycles. The Labute approximate surface area is 106 Å². The van der Waals surface area contributed by atoms with Crippen molar-refractivity contribution in [2.45, 2.75) is 25.8 Å². The van der Waals surface area contributed by atoms with E-state index in [1.165, 1.54) is 7.05 Å². The number of urea groups is 1. The summed E-state index contributed by atoms with van der Waals surface area (Å²) < 4.78 is 0. The van der Waals surface area contributed by atoms with Gasteiger partial charge < -0.3 is 10.4 Å². The topological polar surface area (TPSA) is 98.7 Å². The van der Waals surface area contributed by atoms with E-state index in [-0.39, 0.29) is 6.54 Å².